The Morgan fingerprint density at radius 2 is 1.85 bits per heavy atom. The number of methoxy groups -OCH3 is 1. The van der Waals surface area contributed by atoms with Gasteiger partial charge in [-0.1, -0.05) is 31.5 Å². The van der Waals surface area contributed by atoms with Crippen LogP contribution in [-0.4, -0.2) is 50.4 Å². The lowest BCUT2D eigenvalue weighted by molar-refractivity contribution is 0.229. The van der Waals surface area contributed by atoms with E-state index in [-0.39, 0.29) is 5.82 Å². The second kappa shape index (κ2) is 13.7. The standard InChI is InChI=1S/C33H43FN2O3/c1-5-7-16-35(3)17-18-39-33-15-8-24(19-31(33)34)23-36(6-2)32-22-29(38-4)13-14-30(32)27-10-9-26-21-28(37)12-11-25(26)20-27/h8,11-15,19,21-22,27,37H,5-7,9-10,16-18,20,23H2,1-4H3/t27-/m1/s1. The van der Waals surface area contributed by atoms with Gasteiger partial charge < -0.3 is 24.4 Å². The van der Waals surface area contributed by atoms with Crippen molar-refractivity contribution in [1.82, 2.24) is 4.90 Å². The molecule has 1 N–H and O–H groups in total. The zero-order valence-electron chi connectivity index (χ0n) is 23.9. The molecule has 3 aromatic carbocycles. The highest BCUT2D eigenvalue weighted by molar-refractivity contribution is 5.60. The van der Waals surface area contributed by atoms with E-state index in [0.717, 1.165) is 68.7 Å². The van der Waals surface area contributed by atoms with E-state index in [4.69, 9.17) is 9.47 Å². The molecule has 5 nitrogen and oxygen atoms in total. The smallest absolute Gasteiger partial charge is 0.165 e. The molecule has 210 valence electrons. The van der Waals surface area contributed by atoms with Crippen LogP contribution in [0.4, 0.5) is 10.1 Å². The summed E-state index contributed by atoms with van der Waals surface area (Å²) in [7, 11) is 3.76. The average molecular weight is 535 g/mol. The number of benzene rings is 3. The molecule has 3 aromatic rings. The number of phenols is 1. The molecule has 4 rings (SSSR count). The number of halogens is 1. The third kappa shape index (κ3) is 7.45. The first-order valence-corrected chi connectivity index (χ1v) is 14.2. The monoisotopic (exact) mass is 534 g/mol. The number of aromatic hydroxyl groups is 1. The van der Waals surface area contributed by atoms with Gasteiger partial charge in [-0.15, -0.1) is 0 Å². The number of aryl methyl sites for hydroxylation is 1. The summed E-state index contributed by atoms with van der Waals surface area (Å²) in [4.78, 5) is 4.51. The molecule has 0 fully saturated rings. The van der Waals surface area contributed by atoms with Crippen molar-refractivity contribution in [1.29, 1.82) is 0 Å². The van der Waals surface area contributed by atoms with Crippen molar-refractivity contribution in [2.75, 3.05) is 45.3 Å². The normalized spacial score (nSPS) is 14.8. The van der Waals surface area contributed by atoms with Gasteiger partial charge >= 0.3 is 0 Å². The molecule has 0 radical (unpaired) electrons. The molecule has 0 saturated heterocycles. The van der Waals surface area contributed by atoms with Crippen LogP contribution in [0.1, 0.15) is 61.3 Å². The molecule has 0 aromatic heterocycles. The lowest BCUT2D eigenvalue weighted by Crippen LogP contribution is -2.25. The Hall–Kier alpha value is -3.25. The van der Waals surface area contributed by atoms with Crippen LogP contribution in [-0.2, 0) is 19.4 Å². The number of unbranched alkanes of at least 4 members (excludes halogenated alkanes) is 1. The Labute approximate surface area is 233 Å². The lowest BCUT2D eigenvalue weighted by Gasteiger charge is -2.32. The molecule has 6 heteroatoms. The predicted octanol–water partition coefficient (Wildman–Crippen LogP) is 6.95. The Balaban J connectivity index is 1.49. The Bertz CT molecular complexity index is 1230. The third-order valence-electron chi connectivity index (χ3n) is 7.81. The van der Waals surface area contributed by atoms with Gasteiger partial charge in [0.2, 0.25) is 0 Å². The van der Waals surface area contributed by atoms with Gasteiger partial charge in [0.15, 0.2) is 11.6 Å². The fourth-order valence-corrected chi connectivity index (χ4v) is 5.48. The van der Waals surface area contributed by atoms with Gasteiger partial charge in [0, 0.05) is 31.4 Å². The lowest BCUT2D eigenvalue weighted by atomic mass is 9.79. The zero-order chi connectivity index (χ0) is 27.8. The highest BCUT2D eigenvalue weighted by atomic mass is 19.1. The molecule has 0 heterocycles. The van der Waals surface area contributed by atoms with Gasteiger partial charge in [0.25, 0.3) is 0 Å². The largest absolute Gasteiger partial charge is 0.508 e. The van der Waals surface area contributed by atoms with Crippen LogP contribution in [0.2, 0.25) is 0 Å². The van der Waals surface area contributed by atoms with Gasteiger partial charge in [-0.05, 0) is 105 Å². The summed E-state index contributed by atoms with van der Waals surface area (Å²) < 4.78 is 26.3. The van der Waals surface area contributed by atoms with Crippen molar-refractivity contribution < 1.29 is 19.0 Å². The fraction of sp³-hybridized carbons (Fsp3) is 0.455. The number of anilines is 1. The number of fused-ring (bicyclic) bond motifs is 1. The topological polar surface area (TPSA) is 45.2 Å². The maximum atomic E-state index is 15.0. The van der Waals surface area contributed by atoms with Crippen molar-refractivity contribution in [3.8, 4) is 17.2 Å². The maximum absolute atomic E-state index is 15.0. The Kier molecular flexibility index (Phi) is 10.1. The first-order chi connectivity index (χ1) is 18.9. The van der Waals surface area contributed by atoms with Gasteiger partial charge in [-0.3, -0.25) is 0 Å². The van der Waals surface area contributed by atoms with Crippen LogP contribution in [0.3, 0.4) is 0 Å². The van der Waals surface area contributed by atoms with E-state index in [0.29, 0.717) is 30.6 Å². The predicted molar refractivity (Wildman–Crippen MR) is 157 cm³/mol. The van der Waals surface area contributed by atoms with Gasteiger partial charge in [-0.2, -0.15) is 0 Å². The molecular weight excluding hydrogens is 491 g/mol. The molecule has 1 aliphatic rings. The molecular formula is C33H43FN2O3. The molecule has 1 aliphatic carbocycles. The van der Waals surface area contributed by atoms with Crippen molar-refractivity contribution in [2.45, 2.75) is 58.4 Å². The third-order valence-corrected chi connectivity index (χ3v) is 7.81. The van der Waals surface area contributed by atoms with Gasteiger partial charge in [-0.25, -0.2) is 4.39 Å². The number of ether oxygens (including phenoxy) is 2. The van der Waals surface area contributed by atoms with Crippen molar-refractivity contribution >= 4 is 5.69 Å². The molecule has 0 saturated carbocycles. The second-order valence-electron chi connectivity index (χ2n) is 10.6. The van der Waals surface area contributed by atoms with E-state index in [1.165, 1.54) is 16.7 Å². The summed E-state index contributed by atoms with van der Waals surface area (Å²) in [5.74, 6) is 1.49. The van der Waals surface area contributed by atoms with Crippen molar-refractivity contribution in [2.24, 2.45) is 0 Å². The first-order valence-electron chi connectivity index (χ1n) is 14.2. The first kappa shape index (κ1) is 28.8. The minimum Gasteiger partial charge on any atom is -0.508 e. The SMILES string of the molecule is CCCCN(C)CCOc1ccc(CN(CC)c2cc(OC)ccc2[C@@H]2CCc3cc(O)ccc3C2)cc1F. The van der Waals surface area contributed by atoms with Crippen LogP contribution in [0, 0.1) is 5.82 Å². The van der Waals surface area contributed by atoms with Crippen molar-refractivity contribution in [3.63, 3.8) is 0 Å². The van der Waals surface area contributed by atoms with Crippen LogP contribution in [0.5, 0.6) is 17.2 Å². The molecule has 0 unspecified atom stereocenters. The summed E-state index contributed by atoms with van der Waals surface area (Å²) >= 11 is 0. The zero-order valence-corrected chi connectivity index (χ0v) is 23.9. The summed E-state index contributed by atoms with van der Waals surface area (Å²) in [5.41, 5.74) is 5.84. The summed E-state index contributed by atoms with van der Waals surface area (Å²) in [6.45, 7) is 7.94. The van der Waals surface area contributed by atoms with E-state index in [1.54, 1.807) is 25.3 Å². The molecule has 1 atom stereocenters. The van der Waals surface area contributed by atoms with Crippen LogP contribution < -0.4 is 14.4 Å². The fourth-order valence-electron chi connectivity index (χ4n) is 5.48. The average Bonchev–Trinajstić information content (AvgIpc) is 2.95. The highest BCUT2D eigenvalue weighted by Crippen LogP contribution is 2.40. The van der Waals surface area contributed by atoms with Crippen LogP contribution in [0.15, 0.2) is 54.6 Å². The van der Waals surface area contributed by atoms with E-state index in [1.807, 2.05) is 24.3 Å². The molecule has 0 spiro atoms. The molecule has 39 heavy (non-hydrogen) atoms. The highest BCUT2D eigenvalue weighted by Gasteiger charge is 2.25. The Morgan fingerprint density at radius 3 is 2.59 bits per heavy atom. The summed E-state index contributed by atoms with van der Waals surface area (Å²) in [6, 6.07) is 17.4. The number of hydrogen-bond donors (Lipinski definition) is 1. The second-order valence-corrected chi connectivity index (χ2v) is 10.6. The minimum atomic E-state index is -0.322. The van der Waals surface area contributed by atoms with E-state index >= 15 is 0 Å². The van der Waals surface area contributed by atoms with Crippen LogP contribution >= 0.6 is 0 Å². The van der Waals surface area contributed by atoms with Crippen LogP contribution in [0.25, 0.3) is 0 Å². The van der Waals surface area contributed by atoms with E-state index < -0.39 is 0 Å². The number of hydrogen-bond acceptors (Lipinski definition) is 5. The number of rotatable bonds is 13. The quantitative estimate of drug-likeness (QED) is 0.257. The van der Waals surface area contributed by atoms with Gasteiger partial charge in [0.05, 0.1) is 7.11 Å². The number of nitrogens with zero attached hydrogens (tertiary/aromatic N) is 2. The number of likely N-dealkylation sites (N-methyl/N-ethyl adjacent to an activating group) is 1. The molecule has 0 amide bonds. The van der Waals surface area contributed by atoms with E-state index in [2.05, 4.69) is 42.8 Å². The maximum Gasteiger partial charge on any atom is 0.165 e. The molecule has 0 aliphatic heterocycles. The summed E-state index contributed by atoms with van der Waals surface area (Å²) in [6.07, 6.45) is 5.20. The van der Waals surface area contributed by atoms with Crippen molar-refractivity contribution in [3.05, 3.63) is 82.7 Å². The van der Waals surface area contributed by atoms with E-state index in [9.17, 15) is 9.50 Å². The Morgan fingerprint density at radius 1 is 1.00 bits per heavy atom. The summed E-state index contributed by atoms with van der Waals surface area (Å²) in [5, 5.41) is 9.89. The number of phenolic OH excluding ortho intramolecular Hbond substituents is 1. The minimum absolute atomic E-state index is 0.305. The van der Waals surface area contributed by atoms with Gasteiger partial charge in [0.1, 0.15) is 18.1 Å². The molecule has 0 bridgehead atoms.